The second-order valence-electron chi connectivity index (χ2n) is 6.75. The summed E-state index contributed by atoms with van der Waals surface area (Å²) in [7, 11) is 0. The average Bonchev–Trinajstić information content (AvgIpc) is 2.78. The second-order valence-corrected chi connectivity index (χ2v) is 6.75. The third kappa shape index (κ3) is 3.69. The van der Waals surface area contributed by atoms with E-state index in [0.717, 1.165) is 24.8 Å². The van der Waals surface area contributed by atoms with Gasteiger partial charge < -0.3 is 0 Å². The largest absolute Gasteiger partial charge is 0.294 e. The van der Waals surface area contributed by atoms with Crippen molar-refractivity contribution in [3.05, 3.63) is 48.6 Å². The van der Waals surface area contributed by atoms with Crippen molar-refractivity contribution in [3.8, 4) is 0 Å². The molecular formula is C21H30O. The maximum absolute atomic E-state index is 12.8. The van der Waals surface area contributed by atoms with Crippen LogP contribution in [0.5, 0.6) is 0 Å². The van der Waals surface area contributed by atoms with Gasteiger partial charge in [-0.05, 0) is 49.0 Å². The molecule has 0 unspecified atom stereocenters. The Morgan fingerprint density at radius 3 is 2.91 bits per heavy atom. The Balaban J connectivity index is 2.11. The SMILES string of the molecule is C=CC[C@@H]1/C(=C\C=C\CCCCC)C(=O)[C@H]2CC=C[C@H](C)[C@H]21. The van der Waals surface area contributed by atoms with Crippen LogP contribution in [0.2, 0.25) is 0 Å². The molecule has 0 aliphatic heterocycles. The molecular weight excluding hydrogens is 268 g/mol. The molecule has 0 bridgehead atoms. The van der Waals surface area contributed by atoms with Gasteiger partial charge in [0.2, 0.25) is 0 Å². The zero-order valence-corrected chi connectivity index (χ0v) is 14.1. The molecule has 0 aromatic carbocycles. The summed E-state index contributed by atoms with van der Waals surface area (Å²) in [5, 5.41) is 0. The minimum absolute atomic E-state index is 0.199. The number of rotatable bonds is 7. The van der Waals surface area contributed by atoms with E-state index in [1.807, 2.05) is 6.08 Å². The van der Waals surface area contributed by atoms with Gasteiger partial charge in [-0.25, -0.2) is 0 Å². The summed E-state index contributed by atoms with van der Waals surface area (Å²) >= 11 is 0. The average molecular weight is 298 g/mol. The highest BCUT2D eigenvalue weighted by atomic mass is 16.1. The molecule has 1 nitrogen and oxygen atoms in total. The maximum atomic E-state index is 12.8. The van der Waals surface area contributed by atoms with Gasteiger partial charge in [-0.3, -0.25) is 4.79 Å². The van der Waals surface area contributed by atoms with Crippen LogP contribution < -0.4 is 0 Å². The number of fused-ring (bicyclic) bond motifs is 1. The van der Waals surface area contributed by atoms with Crippen LogP contribution in [0.1, 0.15) is 52.4 Å². The Morgan fingerprint density at radius 2 is 2.18 bits per heavy atom. The molecule has 2 aliphatic carbocycles. The van der Waals surface area contributed by atoms with E-state index in [0.29, 0.717) is 23.5 Å². The monoisotopic (exact) mass is 298 g/mol. The van der Waals surface area contributed by atoms with Crippen molar-refractivity contribution in [2.75, 3.05) is 0 Å². The van der Waals surface area contributed by atoms with Crippen molar-refractivity contribution in [2.45, 2.75) is 52.4 Å². The molecule has 0 spiro atoms. The summed E-state index contributed by atoms with van der Waals surface area (Å²) in [6.07, 6.45) is 19.6. The van der Waals surface area contributed by atoms with Crippen LogP contribution in [0.3, 0.4) is 0 Å². The van der Waals surface area contributed by atoms with Crippen LogP contribution in [-0.2, 0) is 4.79 Å². The third-order valence-corrected chi connectivity index (χ3v) is 5.19. The lowest BCUT2D eigenvalue weighted by molar-refractivity contribution is -0.118. The summed E-state index contributed by atoms with van der Waals surface area (Å²) in [6, 6.07) is 0. The molecule has 0 radical (unpaired) electrons. The molecule has 120 valence electrons. The minimum atomic E-state index is 0.199. The van der Waals surface area contributed by atoms with E-state index in [1.165, 1.54) is 19.3 Å². The number of allylic oxidation sites excluding steroid dienone is 7. The molecule has 1 saturated carbocycles. The predicted molar refractivity (Wildman–Crippen MR) is 94.6 cm³/mol. The lowest BCUT2D eigenvalue weighted by atomic mass is 9.74. The third-order valence-electron chi connectivity index (χ3n) is 5.19. The van der Waals surface area contributed by atoms with E-state index in [9.17, 15) is 4.79 Å². The van der Waals surface area contributed by atoms with Gasteiger partial charge in [0.15, 0.2) is 5.78 Å². The van der Waals surface area contributed by atoms with Crippen molar-refractivity contribution >= 4 is 5.78 Å². The molecule has 1 heteroatoms. The molecule has 22 heavy (non-hydrogen) atoms. The van der Waals surface area contributed by atoms with Crippen molar-refractivity contribution in [1.82, 2.24) is 0 Å². The minimum Gasteiger partial charge on any atom is -0.294 e. The quantitative estimate of drug-likeness (QED) is 0.337. The fourth-order valence-corrected chi connectivity index (χ4v) is 4.07. The Kier molecular flexibility index (Phi) is 6.42. The van der Waals surface area contributed by atoms with Gasteiger partial charge in [-0.1, -0.05) is 63.1 Å². The van der Waals surface area contributed by atoms with Gasteiger partial charge in [0.05, 0.1) is 0 Å². The molecule has 4 atom stereocenters. The fraction of sp³-hybridized carbons (Fsp3) is 0.571. The number of Topliss-reactive ketones (excluding diaryl/α,β-unsaturated/α-hetero) is 1. The summed E-state index contributed by atoms with van der Waals surface area (Å²) in [6.45, 7) is 8.37. The standard InChI is InChI=1S/C21H30O/c1-4-6-7-8-9-10-14-18-17(12-5-2)20-16(3)13-11-15-19(20)21(18)22/h5,9-11,13-14,16-17,19-20H,2,4,6-8,12,15H2,1,3H3/b10-9+,18-14+/t16-,17+,19-,20-/m0/s1. The molecule has 0 aromatic rings. The van der Waals surface area contributed by atoms with Crippen LogP contribution in [0, 0.1) is 23.7 Å². The first kappa shape index (κ1) is 17.0. The summed E-state index contributed by atoms with van der Waals surface area (Å²) in [4.78, 5) is 12.8. The van der Waals surface area contributed by atoms with E-state index in [2.05, 4.69) is 50.8 Å². The molecule has 2 rings (SSSR count). The summed E-state index contributed by atoms with van der Waals surface area (Å²) in [5.41, 5.74) is 1.04. The lowest BCUT2D eigenvalue weighted by Gasteiger charge is -2.29. The Morgan fingerprint density at radius 1 is 1.36 bits per heavy atom. The number of hydrogen-bond acceptors (Lipinski definition) is 1. The maximum Gasteiger partial charge on any atom is 0.162 e. The molecule has 0 N–H and O–H groups in total. The van der Waals surface area contributed by atoms with E-state index < -0.39 is 0 Å². The first-order valence-electron chi connectivity index (χ1n) is 8.89. The van der Waals surface area contributed by atoms with Crippen LogP contribution in [0.25, 0.3) is 0 Å². The van der Waals surface area contributed by atoms with E-state index in [4.69, 9.17) is 0 Å². The zero-order valence-electron chi connectivity index (χ0n) is 14.1. The summed E-state index contributed by atoms with van der Waals surface area (Å²) < 4.78 is 0. The normalized spacial score (nSPS) is 32.8. The van der Waals surface area contributed by atoms with Gasteiger partial charge >= 0.3 is 0 Å². The Bertz CT molecular complexity index is 480. The van der Waals surface area contributed by atoms with E-state index in [1.54, 1.807) is 0 Å². The van der Waals surface area contributed by atoms with Crippen LogP contribution >= 0.6 is 0 Å². The summed E-state index contributed by atoms with van der Waals surface area (Å²) in [5.74, 6) is 1.90. The topological polar surface area (TPSA) is 17.1 Å². The molecule has 2 aliphatic rings. The zero-order chi connectivity index (χ0) is 15.9. The molecule has 0 amide bonds. The van der Waals surface area contributed by atoms with Gasteiger partial charge in [-0.2, -0.15) is 0 Å². The number of hydrogen-bond donors (Lipinski definition) is 0. The van der Waals surface area contributed by atoms with Crippen LogP contribution in [0.4, 0.5) is 0 Å². The van der Waals surface area contributed by atoms with Gasteiger partial charge in [0.25, 0.3) is 0 Å². The second kappa shape index (κ2) is 8.31. The van der Waals surface area contributed by atoms with Crippen molar-refractivity contribution in [1.29, 1.82) is 0 Å². The number of ketones is 1. The number of carbonyl (C=O) groups is 1. The van der Waals surface area contributed by atoms with Crippen LogP contribution in [-0.4, -0.2) is 5.78 Å². The highest BCUT2D eigenvalue weighted by molar-refractivity contribution is 6.01. The molecule has 0 heterocycles. The van der Waals surface area contributed by atoms with Gasteiger partial charge in [0.1, 0.15) is 0 Å². The Labute approximate surface area is 135 Å². The first-order chi connectivity index (χ1) is 10.7. The predicted octanol–water partition coefficient (Wildman–Crippen LogP) is 5.65. The van der Waals surface area contributed by atoms with E-state index in [-0.39, 0.29) is 5.92 Å². The fourth-order valence-electron chi connectivity index (χ4n) is 4.07. The van der Waals surface area contributed by atoms with Gasteiger partial charge in [0, 0.05) is 5.92 Å². The van der Waals surface area contributed by atoms with Crippen molar-refractivity contribution in [2.24, 2.45) is 23.7 Å². The first-order valence-corrected chi connectivity index (χ1v) is 8.89. The smallest absolute Gasteiger partial charge is 0.162 e. The lowest BCUT2D eigenvalue weighted by Crippen LogP contribution is -2.25. The highest BCUT2D eigenvalue weighted by Gasteiger charge is 2.47. The number of carbonyl (C=O) groups excluding carboxylic acids is 1. The molecule has 1 fully saturated rings. The molecule has 0 saturated heterocycles. The highest BCUT2D eigenvalue weighted by Crippen LogP contribution is 2.48. The molecule has 0 aromatic heterocycles. The Hall–Kier alpha value is -1.37. The number of unbranched alkanes of at least 4 members (excludes halogenated alkanes) is 3. The van der Waals surface area contributed by atoms with Crippen molar-refractivity contribution < 1.29 is 4.79 Å². The van der Waals surface area contributed by atoms with Gasteiger partial charge in [-0.15, -0.1) is 6.58 Å². The van der Waals surface area contributed by atoms with Crippen LogP contribution in [0.15, 0.2) is 48.6 Å². The van der Waals surface area contributed by atoms with E-state index >= 15 is 0 Å². The van der Waals surface area contributed by atoms with Crippen molar-refractivity contribution in [3.63, 3.8) is 0 Å².